The van der Waals surface area contributed by atoms with E-state index < -0.39 is 0 Å². The summed E-state index contributed by atoms with van der Waals surface area (Å²) in [6.07, 6.45) is 8.22. The van der Waals surface area contributed by atoms with Crippen LogP contribution in [0.4, 0.5) is 5.69 Å². The minimum Gasteiger partial charge on any atom is -0.496 e. The van der Waals surface area contributed by atoms with E-state index in [2.05, 4.69) is 26.3 Å². The number of hydrogen-bond acceptors (Lipinski definition) is 4. The number of aryl methyl sites for hydroxylation is 1. The van der Waals surface area contributed by atoms with Crippen molar-refractivity contribution >= 4 is 22.6 Å². The molecule has 3 heterocycles. The molecule has 0 radical (unpaired) electrons. The molecular weight excluding hydrogens is 352 g/mol. The van der Waals surface area contributed by atoms with Crippen molar-refractivity contribution < 1.29 is 9.53 Å². The van der Waals surface area contributed by atoms with Gasteiger partial charge in [0.25, 0.3) is 0 Å². The summed E-state index contributed by atoms with van der Waals surface area (Å²) in [4.78, 5) is 23.8. The zero-order chi connectivity index (χ0) is 19.3. The Morgan fingerprint density at radius 2 is 2.00 bits per heavy atom. The largest absolute Gasteiger partial charge is 0.496 e. The Morgan fingerprint density at radius 3 is 2.82 bits per heavy atom. The molecule has 4 aromatic rings. The molecule has 140 valence electrons. The number of aromatic nitrogens is 3. The highest BCUT2D eigenvalue weighted by Crippen LogP contribution is 2.33. The van der Waals surface area contributed by atoms with Gasteiger partial charge in [0.05, 0.1) is 7.11 Å². The maximum absolute atomic E-state index is 12.3. The van der Waals surface area contributed by atoms with Crippen LogP contribution in [0.25, 0.3) is 22.2 Å². The van der Waals surface area contributed by atoms with Crippen LogP contribution in [0.5, 0.6) is 5.75 Å². The van der Waals surface area contributed by atoms with E-state index in [-0.39, 0.29) is 5.91 Å². The van der Waals surface area contributed by atoms with Gasteiger partial charge < -0.3 is 15.0 Å². The van der Waals surface area contributed by atoms with Crippen molar-refractivity contribution in [2.45, 2.75) is 12.8 Å². The molecule has 0 bridgehead atoms. The average Bonchev–Trinajstić information content (AvgIpc) is 3.21. The molecule has 0 spiro atoms. The number of rotatable bonds is 6. The van der Waals surface area contributed by atoms with Gasteiger partial charge in [0, 0.05) is 59.5 Å². The van der Waals surface area contributed by atoms with E-state index in [1.807, 2.05) is 48.8 Å². The summed E-state index contributed by atoms with van der Waals surface area (Å²) in [5.41, 5.74) is 4.52. The topological polar surface area (TPSA) is 79.9 Å². The summed E-state index contributed by atoms with van der Waals surface area (Å²) in [6.45, 7) is 0. The van der Waals surface area contributed by atoms with Gasteiger partial charge >= 0.3 is 0 Å². The van der Waals surface area contributed by atoms with E-state index in [0.29, 0.717) is 24.3 Å². The van der Waals surface area contributed by atoms with Gasteiger partial charge in [-0.15, -0.1) is 0 Å². The van der Waals surface area contributed by atoms with E-state index in [1.165, 1.54) is 0 Å². The highest BCUT2D eigenvalue weighted by molar-refractivity contribution is 5.92. The lowest BCUT2D eigenvalue weighted by Crippen LogP contribution is -2.12. The maximum Gasteiger partial charge on any atom is 0.224 e. The minimum absolute atomic E-state index is 0.0398. The molecule has 0 aliphatic carbocycles. The molecule has 0 aliphatic heterocycles. The first-order chi connectivity index (χ1) is 13.7. The Labute approximate surface area is 162 Å². The molecular formula is C22H20N4O2. The first kappa shape index (κ1) is 17.7. The zero-order valence-corrected chi connectivity index (χ0v) is 15.5. The summed E-state index contributed by atoms with van der Waals surface area (Å²) < 4.78 is 5.55. The van der Waals surface area contributed by atoms with Crippen LogP contribution < -0.4 is 10.1 Å². The molecule has 0 saturated carbocycles. The van der Waals surface area contributed by atoms with Gasteiger partial charge in [-0.25, -0.2) is 4.98 Å². The number of fused-ring (bicyclic) bond motifs is 1. The number of methoxy groups -OCH3 is 1. The second-order valence-corrected chi connectivity index (χ2v) is 6.46. The molecule has 2 N–H and O–H groups in total. The smallest absolute Gasteiger partial charge is 0.224 e. The van der Waals surface area contributed by atoms with Crippen LogP contribution in [0.1, 0.15) is 12.0 Å². The van der Waals surface area contributed by atoms with Gasteiger partial charge in [0.2, 0.25) is 5.91 Å². The Morgan fingerprint density at radius 1 is 1.14 bits per heavy atom. The lowest BCUT2D eigenvalue weighted by atomic mass is 10.0. The number of amides is 1. The van der Waals surface area contributed by atoms with Crippen molar-refractivity contribution in [1.82, 2.24) is 15.0 Å². The fraction of sp³-hybridized carbons (Fsp3) is 0.136. The van der Waals surface area contributed by atoms with Crippen LogP contribution in [-0.2, 0) is 11.2 Å². The van der Waals surface area contributed by atoms with Gasteiger partial charge in [-0.05, 0) is 48.4 Å². The molecule has 4 rings (SSSR count). The average molecular weight is 372 g/mol. The summed E-state index contributed by atoms with van der Waals surface area (Å²) in [7, 11) is 1.62. The van der Waals surface area contributed by atoms with E-state index in [1.54, 1.807) is 19.5 Å². The number of pyridine rings is 2. The number of hydrogen-bond donors (Lipinski definition) is 2. The number of nitrogens with zero attached hydrogens (tertiary/aromatic N) is 2. The monoisotopic (exact) mass is 372 g/mol. The molecule has 0 fully saturated rings. The molecule has 0 atom stereocenters. The van der Waals surface area contributed by atoms with Gasteiger partial charge in [0.1, 0.15) is 11.4 Å². The van der Waals surface area contributed by atoms with Crippen molar-refractivity contribution in [2.75, 3.05) is 12.4 Å². The van der Waals surface area contributed by atoms with E-state index in [4.69, 9.17) is 4.74 Å². The number of carbonyl (C=O) groups excluding carboxylic acids is 1. The SMILES string of the molecule is COc1cc(NC(=O)CCc2ccncc2)ccc1-c1cnc2[nH]ccc2c1. The number of aromatic amines is 1. The third-order valence-corrected chi connectivity index (χ3v) is 4.59. The Bertz CT molecular complexity index is 1110. The predicted octanol–water partition coefficient (Wildman–Crippen LogP) is 4.20. The molecule has 28 heavy (non-hydrogen) atoms. The zero-order valence-electron chi connectivity index (χ0n) is 15.5. The molecule has 0 saturated heterocycles. The standard InChI is InChI=1S/C22H20N4O2/c1-28-20-13-18(26-21(27)5-2-15-6-9-23-10-7-15)3-4-19(20)17-12-16-8-11-24-22(16)25-14-17/h3-4,6-14H,2,5H2,1H3,(H,24,25)(H,26,27). The highest BCUT2D eigenvalue weighted by atomic mass is 16.5. The Hall–Kier alpha value is -3.67. The molecule has 6 heteroatoms. The lowest BCUT2D eigenvalue weighted by Gasteiger charge is -2.12. The summed E-state index contributed by atoms with van der Waals surface area (Å²) >= 11 is 0. The second kappa shape index (κ2) is 7.92. The number of H-pyrrole nitrogens is 1. The number of ether oxygens (including phenoxy) is 1. The van der Waals surface area contributed by atoms with Crippen molar-refractivity contribution in [3.8, 4) is 16.9 Å². The first-order valence-electron chi connectivity index (χ1n) is 9.03. The summed E-state index contributed by atoms with van der Waals surface area (Å²) in [5.74, 6) is 0.644. The summed E-state index contributed by atoms with van der Waals surface area (Å²) in [5, 5.41) is 3.97. The van der Waals surface area contributed by atoms with Crippen LogP contribution in [-0.4, -0.2) is 28.0 Å². The maximum atomic E-state index is 12.3. The van der Waals surface area contributed by atoms with Gasteiger partial charge in [-0.1, -0.05) is 0 Å². The van der Waals surface area contributed by atoms with Gasteiger partial charge in [0.15, 0.2) is 0 Å². The van der Waals surface area contributed by atoms with Crippen LogP contribution in [0, 0.1) is 0 Å². The third kappa shape index (κ3) is 3.86. The molecule has 0 aliphatic rings. The third-order valence-electron chi connectivity index (χ3n) is 4.59. The van der Waals surface area contributed by atoms with E-state index in [0.717, 1.165) is 27.7 Å². The number of benzene rings is 1. The van der Waals surface area contributed by atoms with Gasteiger partial charge in [-0.3, -0.25) is 9.78 Å². The van der Waals surface area contributed by atoms with Crippen LogP contribution in [0.2, 0.25) is 0 Å². The fourth-order valence-corrected chi connectivity index (χ4v) is 3.13. The Balaban J connectivity index is 1.49. The number of carbonyl (C=O) groups is 1. The van der Waals surface area contributed by atoms with Crippen molar-refractivity contribution in [3.63, 3.8) is 0 Å². The highest BCUT2D eigenvalue weighted by Gasteiger charge is 2.10. The molecule has 6 nitrogen and oxygen atoms in total. The van der Waals surface area contributed by atoms with E-state index >= 15 is 0 Å². The fourth-order valence-electron chi connectivity index (χ4n) is 3.13. The molecule has 1 aromatic carbocycles. The van der Waals surface area contributed by atoms with Crippen LogP contribution in [0.15, 0.2) is 67.3 Å². The summed E-state index contributed by atoms with van der Waals surface area (Å²) in [6, 6.07) is 13.5. The molecule has 3 aromatic heterocycles. The normalized spacial score (nSPS) is 10.8. The molecule has 1 amide bonds. The first-order valence-corrected chi connectivity index (χ1v) is 9.03. The minimum atomic E-state index is -0.0398. The lowest BCUT2D eigenvalue weighted by molar-refractivity contribution is -0.116. The van der Waals surface area contributed by atoms with Crippen LogP contribution in [0.3, 0.4) is 0 Å². The number of nitrogens with one attached hydrogen (secondary N) is 2. The van der Waals surface area contributed by atoms with Crippen LogP contribution >= 0.6 is 0 Å². The van der Waals surface area contributed by atoms with Crippen molar-refractivity contribution in [1.29, 1.82) is 0 Å². The number of anilines is 1. The second-order valence-electron chi connectivity index (χ2n) is 6.46. The van der Waals surface area contributed by atoms with Crippen molar-refractivity contribution in [2.24, 2.45) is 0 Å². The van der Waals surface area contributed by atoms with E-state index in [9.17, 15) is 4.79 Å². The van der Waals surface area contributed by atoms with Gasteiger partial charge in [-0.2, -0.15) is 0 Å². The molecule has 0 unspecified atom stereocenters. The predicted molar refractivity (Wildman–Crippen MR) is 109 cm³/mol. The Kier molecular flexibility index (Phi) is 5.01. The quantitative estimate of drug-likeness (QED) is 0.531. The van der Waals surface area contributed by atoms with Crippen molar-refractivity contribution in [3.05, 3.63) is 72.8 Å².